The number of carbonyl (C=O) groups excluding carboxylic acids is 3. The number of amides is 3. The first-order chi connectivity index (χ1) is 14.1. The van der Waals surface area contributed by atoms with Gasteiger partial charge in [0, 0.05) is 18.7 Å². The number of benzene rings is 2. The predicted octanol–water partition coefficient (Wildman–Crippen LogP) is 4.31. The van der Waals surface area contributed by atoms with Crippen LogP contribution >= 0.6 is 11.8 Å². The molecule has 0 unspecified atom stereocenters. The number of thioether (sulfide) groups is 1. The van der Waals surface area contributed by atoms with Gasteiger partial charge < -0.3 is 5.32 Å². The molecule has 10 heteroatoms. The molecule has 5 nitrogen and oxygen atoms in total. The number of hydrogen-bond acceptors (Lipinski definition) is 4. The van der Waals surface area contributed by atoms with Crippen molar-refractivity contribution >= 4 is 34.9 Å². The largest absolute Gasteiger partial charge is 0.416 e. The maximum absolute atomic E-state index is 13.0. The maximum Gasteiger partial charge on any atom is 0.416 e. The van der Waals surface area contributed by atoms with E-state index in [0.29, 0.717) is 17.3 Å². The van der Waals surface area contributed by atoms with Crippen molar-refractivity contribution in [2.75, 3.05) is 13.1 Å². The van der Waals surface area contributed by atoms with Crippen LogP contribution in [-0.2, 0) is 11.0 Å². The minimum absolute atomic E-state index is 0.128. The molecule has 3 amide bonds. The van der Waals surface area contributed by atoms with Gasteiger partial charge in [0.25, 0.3) is 17.1 Å². The monoisotopic (exact) mass is 438 g/mol. The second kappa shape index (κ2) is 8.70. The molecule has 156 valence electrons. The van der Waals surface area contributed by atoms with Gasteiger partial charge in [0.05, 0.1) is 10.5 Å². The molecule has 2 aromatic carbocycles. The van der Waals surface area contributed by atoms with Gasteiger partial charge in [-0.05, 0) is 53.7 Å². The molecule has 0 atom stereocenters. The molecule has 0 aromatic heterocycles. The molecule has 1 heterocycles. The SMILES string of the molecule is O=C(NCCN1C(=O)S/C(=C/c2ccc(F)cc2)C1=O)c1cccc(C(F)(F)F)c1. The van der Waals surface area contributed by atoms with Gasteiger partial charge >= 0.3 is 6.18 Å². The highest BCUT2D eigenvalue weighted by Gasteiger charge is 2.35. The first kappa shape index (κ1) is 21.6. The van der Waals surface area contributed by atoms with Crippen LogP contribution in [0.1, 0.15) is 21.5 Å². The molecule has 0 bridgehead atoms. The Balaban J connectivity index is 1.59. The Hall–Kier alpha value is -3.14. The number of hydrogen-bond donors (Lipinski definition) is 1. The number of carbonyl (C=O) groups is 3. The lowest BCUT2D eigenvalue weighted by Crippen LogP contribution is -2.37. The average molecular weight is 438 g/mol. The summed E-state index contributed by atoms with van der Waals surface area (Å²) < 4.78 is 51.2. The zero-order valence-corrected chi connectivity index (χ0v) is 16.0. The molecule has 0 saturated carbocycles. The molecule has 1 N–H and O–H groups in total. The van der Waals surface area contributed by atoms with Crippen molar-refractivity contribution in [1.82, 2.24) is 10.2 Å². The summed E-state index contributed by atoms with van der Waals surface area (Å²) in [7, 11) is 0. The van der Waals surface area contributed by atoms with E-state index in [1.807, 2.05) is 0 Å². The fraction of sp³-hybridized carbons (Fsp3) is 0.150. The number of alkyl halides is 3. The molecule has 1 aliphatic heterocycles. The molecular formula is C20H14F4N2O3S. The lowest BCUT2D eigenvalue weighted by Gasteiger charge is -2.13. The third kappa shape index (κ3) is 5.07. The van der Waals surface area contributed by atoms with Crippen molar-refractivity contribution in [3.8, 4) is 0 Å². The highest BCUT2D eigenvalue weighted by molar-refractivity contribution is 8.18. The molecule has 0 spiro atoms. The minimum atomic E-state index is -4.57. The summed E-state index contributed by atoms with van der Waals surface area (Å²) in [5.41, 5.74) is -0.595. The molecule has 1 saturated heterocycles. The quantitative estimate of drug-likeness (QED) is 0.558. The van der Waals surface area contributed by atoms with E-state index in [2.05, 4.69) is 5.32 Å². The summed E-state index contributed by atoms with van der Waals surface area (Å²) >= 11 is 0.708. The Labute approximate surface area is 172 Å². The molecule has 3 rings (SSSR count). The van der Waals surface area contributed by atoms with Gasteiger partial charge in [-0.25, -0.2) is 4.39 Å². The van der Waals surface area contributed by atoms with Crippen LogP contribution in [0.5, 0.6) is 0 Å². The second-order valence-electron chi connectivity index (χ2n) is 6.22. The number of nitrogens with zero attached hydrogens (tertiary/aromatic N) is 1. The van der Waals surface area contributed by atoms with Gasteiger partial charge in [0.2, 0.25) is 0 Å². The number of imide groups is 1. The lowest BCUT2D eigenvalue weighted by molar-refractivity contribution is -0.137. The van der Waals surface area contributed by atoms with Crippen molar-refractivity contribution in [1.29, 1.82) is 0 Å². The number of rotatable bonds is 5. The van der Waals surface area contributed by atoms with Gasteiger partial charge in [-0.1, -0.05) is 18.2 Å². The van der Waals surface area contributed by atoms with Crippen LogP contribution in [0.2, 0.25) is 0 Å². The van der Waals surface area contributed by atoms with E-state index < -0.39 is 34.6 Å². The third-order valence-corrected chi connectivity index (χ3v) is 5.02. The van der Waals surface area contributed by atoms with Crippen LogP contribution in [-0.4, -0.2) is 35.0 Å². The summed E-state index contributed by atoms with van der Waals surface area (Å²) in [6.45, 7) is -0.271. The molecule has 30 heavy (non-hydrogen) atoms. The molecular weight excluding hydrogens is 424 g/mol. The van der Waals surface area contributed by atoms with Crippen LogP contribution in [0.25, 0.3) is 6.08 Å². The van der Waals surface area contributed by atoms with Crippen molar-refractivity contribution in [2.24, 2.45) is 0 Å². The van der Waals surface area contributed by atoms with E-state index >= 15 is 0 Å². The first-order valence-corrected chi connectivity index (χ1v) is 9.43. The topological polar surface area (TPSA) is 66.5 Å². The van der Waals surface area contributed by atoms with Crippen molar-refractivity contribution in [3.63, 3.8) is 0 Å². The fourth-order valence-electron chi connectivity index (χ4n) is 2.62. The van der Waals surface area contributed by atoms with E-state index in [1.165, 1.54) is 36.4 Å². The molecule has 1 aliphatic rings. The Morgan fingerprint density at radius 1 is 1.10 bits per heavy atom. The Morgan fingerprint density at radius 2 is 1.80 bits per heavy atom. The van der Waals surface area contributed by atoms with Crippen molar-refractivity contribution < 1.29 is 31.9 Å². The zero-order valence-electron chi connectivity index (χ0n) is 15.2. The van der Waals surface area contributed by atoms with Gasteiger partial charge in [0.15, 0.2) is 0 Å². The predicted molar refractivity (Wildman–Crippen MR) is 103 cm³/mol. The molecule has 0 radical (unpaired) electrons. The highest BCUT2D eigenvalue weighted by atomic mass is 32.2. The summed E-state index contributed by atoms with van der Waals surface area (Å²) in [4.78, 5) is 37.6. The molecule has 1 fully saturated rings. The van der Waals surface area contributed by atoms with Crippen LogP contribution in [0, 0.1) is 5.82 Å². The number of nitrogens with one attached hydrogen (secondary N) is 1. The normalized spacial score (nSPS) is 15.7. The van der Waals surface area contributed by atoms with Gasteiger partial charge in [-0.3, -0.25) is 19.3 Å². The smallest absolute Gasteiger partial charge is 0.350 e. The van der Waals surface area contributed by atoms with Crippen molar-refractivity contribution in [2.45, 2.75) is 6.18 Å². The van der Waals surface area contributed by atoms with E-state index in [4.69, 9.17) is 0 Å². The van der Waals surface area contributed by atoms with Gasteiger partial charge in [-0.2, -0.15) is 13.2 Å². The van der Waals surface area contributed by atoms with E-state index in [-0.39, 0.29) is 23.6 Å². The van der Waals surface area contributed by atoms with Gasteiger partial charge in [0.1, 0.15) is 5.82 Å². The second-order valence-corrected chi connectivity index (χ2v) is 7.21. The van der Waals surface area contributed by atoms with Crippen LogP contribution in [0.4, 0.5) is 22.4 Å². The average Bonchev–Trinajstić information content (AvgIpc) is 2.96. The highest BCUT2D eigenvalue weighted by Crippen LogP contribution is 2.32. The van der Waals surface area contributed by atoms with E-state index in [0.717, 1.165) is 23.1 Å². The van der Waals surface area contributed by atoms with Crippen LogP contribution in [0.3, 0.4) is 0 Å². The first-order valence-electron chi connectivity index (χ1n) is 8.61. The molecule has 2 aromatic rings. The Bertz CT molecular complexity index is 1020. The van der Waals surface area contributed by atoms with Crippen molar-refractivity contribution in [3.05, 3.63) is 75.9 Å². The lowest BCUT2D eigenvalue weighted by atomic mass is 10.1. The van der Waals surface area contributed by atoms with E-state index in [9.17, 15) is 31.9 Å². The summed E-state index contributed by atoms with van der Waals surface area (Å²) in [6.07, 6.45) is -3.12. The Kier molecular flexibility index (Phi) is 6.25. The van der Waals surface area contributed by atoms with Gasteiger partial charge in [-0.15, -0.1) is 0 Å². The van der Waals surface area contributed by atoms with Crippen LogP contribution in [0.15, 0.2) is 53.4 Å². The summed E-state index contributed by atoms with van der Waals surface area (Å²) in [5.74, 6) is -1.76. The zero-order chi connectivity index (χ0) is 21.9. The summed E-state index contributed by atoms with van der Waals surface area (Å²) in [6, 6.07) is 9.28. The third-order valence-electron chi connectivity index (χ3n) is 4.11. The standard InChI is InChI=1S/C20H14F4N2O3S/c21-15-6-4-12(5-7-15)10-16-18(28)26(19(29)30-16)9-8-25-17(27)13-2-1-3-14(11-13)20(22,23)24/h1-7,10-11H,8-9H2,(H,25,27)/b16-10+. The fourth-order valence-corrected chi connectivity index (χ4v) is 3.49. The number of halogens is 4. The maximum atomic E-state index is 13.0. The summed E-state index contributed by atoms with van der Waals surface area (Å²) in [5, 5.41) is 1.85. The Morgan fingerprint density at radius 3 is 2.47 bits per heavy atom. The van der Waals surface area contributed by atoms with E-state index in [1.54, 1.807) is 0 Å². The molecule has 0 aliphatic carbocycles. The minimum Gasteiger partial charge on any atom is -0.350 e. The van der Waals surface area contributed by atoms with Crippen LogP contribution < -0.4 is 5.32 Å².